The minimum absolute atomic E-state index is 0.0961. The fraction of sp³-hybridized carbons (Fsp3) is 0.368. The number of ether oxygens (including phenoxy) is 2. The van der Waals surface area contributed by atoms with E-state index in [0.29, 0.717) is 17.7 Å². The third-order valence-electron chi connectivity index (χ3n) is 3.94. The predicted molar refractivity (Wildman–Crippen MR) is 90.8 cm³/mol. The summed E-state index contributed by atoms with van der Waals surface area (Å²) in [4.78, 5) is 0. The fourth-order valence-electron chi connectivity index (χ4n) is 2.82. The van der Waals surface area contributed by atoms with Gasteiger partial charge in [-0.1, -0.05) is 30.3 Å². The van der Waals surface area contributed by atoms with Crippen molar-refractivity contribution in [1.29, 1.82) is 0 Å². The highest BCUT2D eigenvalue weighted by molar-refractivity contribution is 5.43. The number of hydrogen-bond donors (Lipinski definition) is 1. The Hall–Kier alpha value is -2.14. The molecule has 0 amide bonds. The minimum Gasteiger partial charge on any atom is -0.496 e. The fourth-order valence-corrected chi connectivity index (χ4v) is 2.82. The van der Waals surface area contributed by atoms with Crippen molar-refractivity contribution >= 4 is 0 Å². The van der Waals surface area contributed by atoms with E-state index < -0.39 is 6.61 Å². The molecule has 0 heterocycles. The summed E-state index contributed by atoms with van der Waals surface area (Å²) in [7, 11) is 1.65. The first-order valence-corrected chi connectivity index (χ1v) is 7.83. The predicted octanol–water partition coefficient (Wildman–Crippen LogP) is 4.76. The summed E-state index contributed by atoms with van der Waals surface area (Å²) in [6.07, 6.45) is 0. The van der Waals surface area contributed by atoms with Crippen LogP contribution < -0.4 is 14.8 Å². The normalized spacial score (nSPS) is 12.3. The van der Waals surface area contributed by atoms with Gasteiger partial charge < -0.3 is 14.8 Å². The molecule has 0 bridgehead atoms. The van der Waals surface area contributed by atoms with Crippen LogP contribution in [-0.2, 0) is 6.54 Å². The van der Waals surface area contributed by atoms with Gasteiger partial charge in [0.1, 0.15) is 11.5 Å². The van der Waals surface area contributed by atoms with Crippen molar-refractivity contribution < 1.29 is 18.3 Å². The lowest BCUT2D eigenvalue weighted by molar-refractivity contribution is -0.0507. The molecular formula is C19H23F2NO2. The van der Waals surface area contributed by atoms with Gasteiger partial charge in [0, 0.05) is 18.2 Å². The van der Waals surface area contributed by atoms with Gasteiger partial charge in [0.25, 0.3) is 0 Å². The molecule has 0 fully saturated rings. The highest BCUT2D eigenvalue weighted by atomic mass is 19.3. The number of rotatable bonds is 7. The molecule has 0 aliphatic carbocycles. The Morgan fingerprint density at radius 1 is 1.08 bits per heavy atom. The summed E-state index contributed by atoms with van der Waals surface area (Å²) in [6.45, 7) is 3.43. The van der Waals surface area contributed by atoms with Gasteiger partial charge in [0.2, 0.25) is 0 Å². The van der Waals surface area contributed by atoms with Crippen LogP contribution in [0.4, 0.5) is 8.78 Å². The monoisotopic (exact) mass is 335 g/mol. The van der Waals surface area contributed by atoms with Gasteiger partial charge in [-0.25, -0.2) is 0 Å². The first-order chi connectivity index (χ1) is 11.4. The SMILES string of the molecule is COc1ccccc1C(C)NCc1cc(C)c(OC(F)F)c(C)c1. The van der Waals surface area contributed by atoms with Crippen LogP contribution in [0.5, 0.6) is 11.5 Å². The topological polar surface area (TPSA) is 30.5 Å². The lowest BCUT2D eigenvalue weighted by Crippen LogP contribution is -2.19. The molecule has 5 heteroatoms. The number of benzene rings is 2. The second kappa shape index (κ2) is 8.11. The van der Waals surface area contributed by atoms with Crippen LogP contribution >= 0.6 is 0 Å². The van der Waals surface area contributed by atoms with Crippen LogP contribution in [0.3, 0.4) is 0 Å². The quantitative estimate of drug-likeness (QED) is 0.791. The number of aryl methyl sites for hydroxylation is 2. The summed E-state index contributed by atoms with van der Waals surface area (Å²) < 4.78 is 34.9. The molecule has 0 aliphatic rings. The van der Waals surface area contributed by atoms with E-state index in [1.807, 2.05) is 36.4 Å². The van der Waals surface area contributed by atoms with E-state index >= 15 is 0 Å². The Balaban J connectivity index is 2.09. The van der Waals surface area contributed by atoms with Crippen molar-refractivity contribution in [2.24, 2.45) is 0 Å². The number of nitrogens with one attached hydrogen (secondary N) is 1. The van der Waals surface area contributed by atoms with E-state index in [1.165, 1.54) is 0 Å². The van der Waals surface area contributed by atoms with Crippen LogP contribution in [0.15, 0.2) is 36.4 Å². The van der Waals surface area contributed by atoms with Gasteiger partial charge in [-0.2, -0.15) is 8.78 Å². The largest absolute Gasteiger partial charge is 0.496 e. The molecule has 2 aromatic carbocycles. The second-order valence-electron chi connectivity index (χ2n) is 5.78. The second-order valence-corrected chi connectivity index (χ2v) is 5.78. The lowest BCUT2D eigenvalue weighted by atomic mass is 10.0. The molecule has 130 valence electrons. The van der Waals surface area contributed by atoms with E-state index in [4.69, 9.17) is 4.74 Å². The summed E-state index contributed by atoms with van der Waals surface area (Å²) in [5.74, 6) is 1.09. The summed E-state index contributed by atoms with van der Waals surface area (Å²) in [5.41, 5.74) is 3.51. The highest BCUT2D eigenvalue weighted by Crippen LogP contribution is 2.28. The first-order valence-electron chi connectivity index (χ1n) is 7.83. The van der Waals surface area contributed by atoms with E-state index in [1.54, 1.807) is 21.0 Å². The Morgan fingerprint density at radius 2 is 1.71 bits per heavy atom. The van der Waals surface area contributed by atoms with Crippen LogP contribution in [0.25, 0.3) is 0 Å². The molecule has 0 radical (unpaired) electrons. The molecule has 0 aliphatic heterocycles. The highest BCUT2D eigenvalue weighted by Gasteiger charge is 2.13. The number of methoxy groups -OCH3 is 1. The zero-order valence-corrected chi connectivity index (χ0v) is 14.4. The third kappa shape index (κ3) is 4.45. The summed E-state index contributed by atoms with van der Waals surface area (Å²) in [5, 5.41) is 3.44. The number of para-hydroxylation sites is 1. The van der Waals surface area contributed by atoms with Crippen molar-refractivity contribution in [3.8, 4) is 11.5 Å². The van der Waals surface area contributed by atoms with E-state index in [9.17, 15) is 8.78 Å². The first kappa shape index (κ1) is 18.2. The van der Waals surface area contributed by atoms with Crippen molar-refractivity contribution in [1.82, 2.24) is 5.32 Å². The molecule has 0 spiro atoms. The molecule has 1 atom stereocenters. The standard InChI is InChI=1S/C19H23F2NO2/c1-12-9-15(10-13(2)18(12)24-19(20)21)11-22-14(3)16-7-5-6-8-17(16)23-4/h5-10,14,19,22H,11H2,1-4H3. The van der Waals surface area contributed by atoms with Gasteiger partial charge >= 0.3 is 6.61 Å². The van der Waals surface area contributed by atoms with Crippen LogP contribution in [0, 0.1) is 13.8 Å². The molecule has 0 aromatic heterocycles. The maximum atomic E-state index is 12.4. The van der Waals surface area contributed by atoms with Gasteiger partial charge in [-0.05, 0) is 43.5 Å². The zero-order chi connectivity index (χ0) is 17.7. The molecule has 2 rings (SSSR count). The Labute approximate surface area is 141 Å². The number of halogens is 2. The van der Waals surface area contributed by atoms with E-state index in [-0.39, 0.29) is 11.8 Å². The summed E-state index contributed by atoms with van der Waals surface area (Å²) in [6, 6.07) is 11.7. The number of alkyl halides is 2. The molecular weight excluding hydrogens is 312 g/mol. The average Bonchev–Trinajstić information content (AvgIpc) is 2.55. The molecule has 24 heavy (non-hydrogen) atoms. The Bertz CT molecular complexity index is 666. The van der Waals surface area contributed by atoms with Crippen LogP contribution in [0.2, 0.25) is 0 Å². The zero-order valence-electron chi connectivity index (χ0n) is 14.4. The van der Waals surface area contributed by atoms with Crippen molar-refractivity contribution in [3.63, 3.8) is 0 Å². The summed E-state index contributed by atoms with van der Waals surface area (Å²) >= 11 is 0. The van der Waals surface area contributed by atoms with Gasteiger partial charge in [-0.3, -0.25) is 0 Å². The molecule has 1 N–H and O–H groups in total. The maximum absolute atomic E-state index is 12.4. The van der Waals surface area contributed by atoms with Gasteiger partial charge in [0.15, 0.2) is 0 Å². The van der Waals surface area contributed by atoms with E-state index in [0.717, 1.165) is 16.9 Å². The van der Waals surface area contributed by atoms with Crippen molar-refractivity contribution in [2.45, 2.75) is 40.0 Å². The molecule has 0 saturated carbocycles. The van der Waals surface area contributed by atoms with Gasteiger partial charge in [0.05, 0.1) is 7.11 Å². The van der Waals surface area contributed by atoms with Crippen LogP contribution in [-0.4, -0.2) is 13.7 Å². The smallest absolute Gasteiger partial charge is 0.387 e. The molecule has 3 nitrogen and oxygen atoms in total. The van der Waals surface area contributed by atoms with Crippen LogP contribution in [0.1, 0.15) is 35.2 Å². The maximum Gasteiger partial charge on any atom is 0.387 e. The average molecular weight is 335 g/mol. The van der Waals surface area contributed by atoms with E-state index in [2.05, 4.69) is 17.0 Å². The molecule has 1 unspecified atom stereocenters. The third-order valence-corrected chi connectivity index (χ3v) is 3.94. The minimum atomic E-state index is -2.81. The Kier molecular flexibility index (Phi) is 6.15. The van der Waals surface area contributed by atoms with Crippen molar-refractivity contribution in [3.05, 3.63) is 58.7 Å². The Morgan fingerprint density at radius 3 is 2.29 bits per heavy atom. The van der Waals surface area contributed by atoms with Crippen molar-refractivity contribution in [2.75, 3.05) is 7.11 Å². The molecule has 2 aromatic rings. The number of hydrogen-bond acceptors (Lipinski definition) is 3. The molecule has 0 saturated heterocycles. The lowest BCUT2D eigenvalue weighted by Gasteiger charge is -2.18. The van der Waals surface area contributed by atoms with Gasteiger partial charge in [-0.15, -0.1) is 0 Å².